The molecule has 0 amide bonds. The van der Waals surface area contributed by atoms with Crippen molar-refractivity contribution >= 4 is 0 Å². The third-order valence-corrected chi connectivity index (χ3v) is 3.68. The number of aliphatic hydroxyl groups excluding tert-OH is 1. The van der Waals surface area contributed by atoms with Crippen LogP contribution in [0.25, 0.3) is 0 Å². The van der Waals surface area contributed by atoms with E-state index in [-0.39, 0.29) is 0 Å². The molecular formula is C11H21NO. The summed E-state index contributed by atoms with van der Waals surface area (Å²) in [6.07, 6.45) is 4.36. The largest absolute Gasteiger partial charge is 0.396 e. The van der Waals surface area contributed by atoms with Crippen LogP contribution in [0.4, 0.5) is 0 Å². The van der Waals surface area contributed by atoms with Crippen molar-refractivity contribution in [1.82, 2.24) is 4.90 Å². The smallest absolute Gasteiger partial charge is 0.0468 e. The van der Waals surface area contributed by atoms with Gasteiger partial charge in [0.15, 0.2) is 0 Å². The molecule has 13 heavy (non-hydrogen) atoms. The molecule has 2 heteroatoms. The van der Waals surface area contributed by atoms with E-state index in [2.05, 4.69) is 11.8 Å². The average Bonchev–Trinajstić information content (AvgIpc) is 2.63. The Kier molecular flexibility index (Phi) is 2.89. The second-order valence-corrected chi connectivity index (χ2v) is 4.96. The van der Waals surface area contributed by atoms with E-state index in [1.807, 2.05) is 0 Å². The molecule has 3 unspecified atom stereocenters. The molecule has 1 saturated carbocycles. The highest BCUT2D eigenvalue weighted by Crippen LogP contribution is 2.37. The summed E-state index contributed by atoms with van der Waals surface area (Å²) in [4.78, 5) is 2.55. The first-order valence-electron chi connectivity index (χ1n) is 5.63. The monoisotopic (exact) mass is 183 g/mol. The Labute approximate surface area is 80.9 Å². The van der Waals surface area contributed by atoms with Gasteiger partial charge in [-0.2, -0.15) is 0 Å². The van der Waals surface area contributed by atoms with Gasteiger partial charge in [0.25, 0.3) is 0 Å². The second kappa shape index (κ2) is 3.97. The Morgan fingerprint density at radius 1 is 1.31 bits per heavy atom. The van der Waals surface area contributed by atoms with Crippen LogP contribution in [0, 0.1) is 17.8 Å². The van der Waals surface area contributed by atoms with Crippen LogP contribution in [0.15, 0.2) is 0 Å². The number of rotatable bonds is 3. The first-order chi connectivity index (χ1) is 6.29. The minimum Gasteiger partial charge on any atom is -0.396 e. The van der Waals surface area contributed by atoms with Gasteiger partial charge in [-0.1, -0.05) is 13.3 Å². The summed E-state index contributed by atoms with van der Waals surface area (Å²) in [7, 11) is 0. The summed E-state index contributed by atoms with van der Waals surface area (Å²) in [6.45, 7) is 6.17. The third-order valence-electron chi connectivity index (χ3n) is 3.68. The first kappa shape index (κ1) is 9.47. The molecule has 2 aliphatic rings. The first-order valence-corrected chi connectivity index (χ1v) is 5.63. The molecule has 1 saturated heterocycles. The van der Waals surface area contributed by atoms with Crippen molar-refractivity contribution in [3.8, 4) is 0 Å². The van der Waals surface area contributed by atoms with Crippen LogP contribution in [0.3, 0.4) is 0 Å². The van der Waals surface area contributed by atoms with E-state index in [4.69, 9.17) is 5.11 Å². The lowest BCUT2D eigenvalue weighted by Gasteiger charge is -2.19. The Morgan fingerprint density at radius 3 is 2.46 bits per heavy atom. The Balaban J connectivity index is 1.78. The molecule has 0 radical (unpaired) electrons. The number of nitrogens with zero attached hydrogens (tertiary/aromatic N) is 1. The highest BCUT2D eigenvalue weighted by atomic mass is 16.3. The lowest BCUT2D eigenvalue weighted by molar-refractivity contribution is 0.185. The normalized spacial score (nSPS) is 36.5. The van der Waals surface area contributed by atoms with Crippen LogP contribution in [-0.2, 0) is 0 Å². The molecule has 2 rings (SSSR count). The number of likely N-dealkylation sites (tertiary alicyclic amines) is 1. The molecule has 0 aromatic heterocycles. The predicted octanol–water partition coefficient (Wildman–Crippen LogP) is 1.35. The zero-order chi connectivity index (χ0) is 9.26. The fraction of sp³-hybridized carbons (Fsp3) is 1.00. The zero-order valence-corrected chi connectivity index (χ0v) is 8.58. The molecule has 1 N–H and O–H groups in total. The molecule has 1 aliphatic heterocycles. The van der Waals surface area contributed by atoms with E-state index in [9.17, 15) is 0 Å². The van der Waals surface area contributed by atoms with Gasteiger partial charge >= 0.3 is 0 Å². The molecule has 3 atom stereocenters. The molecule has 2 nitrogen and oxygen atoms in total. The van der Waals surface area contributed by atoms with Crippen LogP contribution >= 0.6 is 0 Å². The maximum absolute atomic E-state index is 8.97. The van der Waals surface area contributed by atoms with Crippen LogP contribution in [-0.4, -0.2) is 36.2 Å². The minimum absolute atomic E-state index is 0.339. The van der Waals surface area contributed by atoms with E-state index >= 15 is 0 Å². The Morgan fingerprint density at radius 2 is 1.92 bits per heavy atom. The molecule has 2 fully saturated rings. The van der Waals surface area contributed by atoms with Crippen molar-refractivity contribution in [2.45, 2.75) is 26.2 Å². The Hall–Kier alpha value is -0.0800. The van der Waals surface area contributed by atoms with Gasteiger partial charge in [-0.05, 0) is 30.6 Å². The quantitative estimate of drug-likeness (QED) is 0.714. The van der Waals surface area contributed by atoms with Gasteiger partial charge in [-0.15, -0.1) is 0 Å². The fourth-order valence-corrected chi connectivity index (χ4v) is 2.98. The van der Waals surface area contributed by atoms with E-state index in [1.165, 1.54) is 32.4 Å². The number of fused-ring (bicyclic) bond motifs is 1. The maximum Gasteiger partial charge on any atom is 0.0468 e. The van der Waals surface area contributed by atoms with Crippen LogP contribution in [0.2, 0.25) is 0 Å². The maximum atomic E-state index is 8.97. The SMILES string of the molecule is CC(CO)CN1CC2CCCC2C1. The molecular weight excluding hydrogens is 162 g/mol. The topological polar surface area (TPSA) is 23.5 Å². The second-order valence-electron chi connectivity index (χ2n) is 4.96. The van der Waals surface area contributed by atoms with E-state index in [1.54, 1.807) is 0 Å². The van der Waals surface area contributed by atoms with Gasteiger partial charge in [0, 0.05) is 26.2 Å². The molecule has 0 aromatic carbocycles. The minimum atomic E-state index is 0.339. The van der Waals surface area contributed by atoms with Gasteiger partial charge in [0.2, 0.25) is 0 Å². The standard InChI is InChI=1S/C11H21NO/c1-9(8-13)5-12-6-10-3-2-4-11(10)7-12/h9-11,13H,2-8H2,1H3. The number of aliphatic hydroxyl groups is 1. The summed E-state index contributed by atoms with van der Waals surface area (Å²) < 4.78 is 0. The summed E-state index contributed by atoms with van der Waals surface area (Å²) in [5, 5.41) is 8.97. The molecule has 0 aromatic rings. The fourth-order valence-electron chi connectivity index (χ4n) is 2.98. The highest BCUT2D eigenvalue weighted by Gasteiger charge is 2.35. The van der Waals surface area contributed by atoms with Crippen LogP contribution in [0.1, 0.15) is 26.2 Å². The molecule has 76 valence electrons. The molecule has 1 heterocycles. The van der Waals surface area contributed by atoms with Crippen molar-refractivity contribution in [3.05, 3.63) is 0 Å². The predicted molar refractivity (Wildman–Crippen MR) is 53.5 cm³/mol. The van der Waals surface area contributed by atoms with E-state index < -0.39 is 0 Å². The third kappa shape index (κ3) is 2.05. The summed E-state index contributed by atoms with van der Waals surface area (Å²) >= 11 is 0. The van der Waals surface area contributed by atoms with E-state index in [0.717, 1.165) is 18.4 Å². The van der Waals surface area contributed by atoms with Gasteiger partial charge in [-0.25, -0.2) is 0 Å². The van der Waals surface area contributed by atoms with E-state index in [0.29, 0.717) is 12.5 Å². The summed E-state index contributed by atoms with van der Waals surface area (Å²) in [5.41, 5.74) is 0. The summed E-state index contributed by atoms with van der Waals surface area (Å²) in [5.74, 6) is 2.44. The lowest BCUT2D eigenvalue weighted by Crippen LogP contribution is -2.28. The molecule has 0 spiro atoms. The van der Waals surface area contributed by atoms with Gasteiger partial charge < -0.3 is 10.0 Å². The lowest BCUT2D eigenvalue weighted by atomic mass is 10.0. The Bertz CT molecular complexity index is 157. The highest BCUT2D eigenvalue weighted by molar-refractivity contribution is 4.88. The van der Waals surface area contributed by atoms with Crippen molar-refractivity contribution in [3.63, 3.8) is 0 Å². The van der Waals surface area contributed by atoms with Crippen molar-refractivity contribution in [2.75, 3.05) is 26.2 Å². The van der Waals surface area contributed by atoms with Crippen molar-refractivity contribution in [1.29, 1.82) is 0 Å². The van der Waals surface area contributed by atoms with Crippen LogP contribution < -0.4 is 0 Å². The average molecular weight is 183 g/mol. The zero-order valence-electron chi connectivity index (χ0n) is 8.58. The van der Waals surface area contributed by atoms with Crippen molar-refractivity contribution < 1.29 is 5.11 Å². The number of hydrogen-bond acceptors (Lipinski definition) is 2. The molecule has 0 bridgehead atoms. The molecule has 1 aliphatic carbocycles. The van der Waals surface area contributed by atoms with Gasteiger partial charge in [0.1, 0.15) is 0 Å². The number of hydrogen-bond donors (Lipinski definition) is 1. The van der Waals surface area contributed by atoms with Crippen molar-refractivity contribution in [2.24, 2.45) is 17.8 Å². The van der Waals surface area contributed by atoms with Gasteiger partial charge in [0.05, 0.1) is 0 Å². The summed E-state index contributed by atoms with van der Waals surface area (Å²) in [6, 6.07) is 0. The van der Waals surface area contributed by atoms with Crippen LogP contribution in [0.5, 0.6) is 0 Å². The van der Waals surface area contributed by atoms with Gasteiger partial charge in [-0.3, -0.25) is 0 Å².